The van der Waals surface area contributed by atoms with E-state index in [9.17, 15) is 4.79 Å². The summed E-state index contributed by atoms with van der Waals surface area (Å²) in [5.41, 5.74) is 6.70. The molecule has 0 bridgehead atoms. The van der Waals surface area contributed by atoms with Crippen LogP contribution in [0.5, 0.6) is 0 Å². The number of benzene rings is 1. The molecule has 2 rings (SSSR count). The van der Waals surface area contributed by atoms with Gasteiger partial charge in [-0.1, -0.05) is 0 Å². The average Bonchev–Trinajstić information content (AvgIpc) is 2.32. The lowest BCUT2D eigenvalue weighted by atomic mass is 9.95. The van der Waals surface area contributed by atoms with Gasteiger partial charge >= 0.3 is 6.03 Å². The smallest absolute Gasteiger partial charge is 0.319 e. The van der Waals surface area contributed by atoms with Crippen molar-refractivity contribution < 1.29 is 9.53 Å². The Labute approximate surface area is 107 Å². The van der Waals surface area contributed by atoms with Gasteiger partial charge in [0, 0.05) is 18.0 Å². The van der Waals surface area contributed by atoms with Gasteiger partial charge in [-0.25, -0.2) is 4.79 Å². The highest BCUT2D eigenvalue weighted by atomic mass is 16.5. The van der Waals surface area contributed by atoms with Crippen molar-refractivity contribution >= 4 is 17.4 Å². The molecule has 0 aliphatic carbocycles. The molecule has 0 saturated carbocycles. The Hall–Kier alpha value is -1.75. The van der Waals surface area contributed by atoms with Crippen LogP contribution in [0.3, 0.4) is 0 Å². The number of nitrogen functional groups attached to an aromatic ring is 1. The molecule has 1 aromatic carbocycles. The Balaban J connectivity index is 1.90. The second kappa shape index (κ2) is 5.27. The van der Waals surface area contributed by atoms with E-state index in [1.807, 2.05) is 6.92 Å². The van der Waals surface area contributed by atoms with E-state index in [1.54, 1.807) is 24.3 Å². The van der Waals surface area contributed by atoms with Gasteiger partial charge in [0.15, 0.2) is 0 Å². The van der Waals surface area contributed by atoms with Crippen LogP contribution in [0.1, 0.15) is 19.8 Å². The number of ether oxygens (including phenoxy) is 1. The first-order valence-electron chi connectivity index (χ1n) is 6.10. The highest BCUT2D eigenvalue weighted by molar-refractivity contribution is 5.89. The third-order valence-corrected chi connectivity index (χ3v) is 3.02. The van der Waals surface area contributed by atoms with E-state index >= 15 is 0 Å². The van der Waals surface area contributed by atoms with Gasteiger partial charge in [0.1, 0.15) is 0 Å². The summed E-state index contributed by atoms with van der Waals surface area (Å²) < 4.78 is 5.39. The minimum Gasteiger partial charge on any atom is -0.399 e. The Morgan fingerprint density at radius 2 is 2.11 bits per heavy atom. The Bertz CT molecular complexity index is 411. The lowest BCUT2D eigenvalue weighted by molar-refractivity contribution is 0.0342. The molecule has 1 saturated heterocycles. The number of rotatable bonds is 2. The van der Waals surface area contributed by atoms with E-state index in [1.165, 1.54) is 0 Å². The van der Waals surface area contributed by atoms with Gasteiger partial charge < -0.3 is 21.1 Å². The van der Waals surface area contributed by atoms with Crippen molar-refractivity contribution in [3.8, 4) is 0 Å². The molecule has 0 spiro atoms. The van der Waals surface area contributed by atoms with Gasteiger partial charge in [-0.2, -0.15) is 0 Å². The van der Waals surface area contributed by atoms with Gasteiger partial charge in [0.25, 0.3) is 0 Å². The van der Waals surface area contributed by atoms with Crippen LogP contribution in [0.15, 0.2) is 24.3 Å². The predicted molar refractivity (Wildman–Crippen MR) is 71.5 cm³/mol. The predicted octanol–water partition coefficient (Wildman–Crippen LogP) is 1.96. The summed E-state index contributed by atoms with van der Waals surface area (Å²) in [5, 5.41) is 5.73. The van der Waals surface area contributed by atoms with Crippen molar-refractivity contribution in [1.29, 1.82) is 0 Å². The van der Waals surface area contributed by atoms with Crippen LogP contribution in [0.4, 0.5) is 16.2 Å². The fraction of sp³-hybridized carbons (Fsp3) is 0.462. The van der Waals surface area contributed by atoms with E-state index in [0.717, 1.165) is 25.1 Å². The number of carbonyl (C=O) groups excluding carboxylic acids is 1. The molecule has 1 aliphatic heterocycles. The molecule has 1 fully saturated rings. The van der Waals surface area contributed by atoms with E-state index in [-0.39, 0.29) is 11.6 Å². The van der Waals surface area contributed by atoms with Crippen LogP contribution in [-0.4, -0.2) is 24.8 Å². The molecule has 1 unspecified atom stereocenters. The molecule has 1 heterocycles. The SMILES string of the molecule is CC1(NC(=O)Nc2ccc(N)cc2)CCCOC1. The van der Waals surface area contributed by atoms with Crippen molar-refractivity contribution in [3.63, 3.8) is 0 Å². The van der Waals surface area contributed by atoms with E-state index in [4.69, 9.17) is 10.5 Å². The van der Waals surface area contributed by atoms with Crippen LogP contribution in [0, 0.1) is 0 Å². The van der Waals surface area contributed by atoms with Gasteiger partial charge in [0.2, 0.25) is 0 Å². The molecule has 18 heavy (non-hydrogen) atoms. The third kappa shape index (κ3) is 3.37. The first-order valence-corrected chi connectivity index (χ1v) is 6.10. The largest absolute Gasteiger partial charge is 0.399 e. The zero-order valence-electron chi connectivity index (χ0n) is 10.5. The second-order valence-electron chi connectivity index (χ2n) is 4.92. The Morgan fingerprint density at radius 1 is 1.39 bits per heavy atom. The summed E-state index contributed by atoms with van der Waals surface area (Å²) in [7, 11) is 0. The number of nitrogens with two attached hydrogens (primary N) is 1. The Kier molecular flexibility index (Phi) is 3.72. The lowest BCUT2D eigenvalue weighted by Crippen LogP contribution is -2.52. The fourth-order valence-corrected chi connectivity index (χ4v) is 2.04. The van der Waals surface area contributed by atoms with Crippen molar-refractivity contribution in [2.24, 2.45) is 0 Å². The zero-order chi connectivity index (χ0) is 13.0. The zero-order valence-corrected chi connectivity index (χ0v) is 10.5. The molecular weight excluding hydrogens is 230 g/mol. The quantitative estimate of drug-likeness (QED) is 0.701. The fourth-order valence-electron chi connectivity index (χ4n) is 2.04. The molecule has 4 N–H and O–H groups in total. The molecule has 1 aromatic rings. The van der Waals surface area contributed by atoms with Crippen LogP contribution in [-0.2, 0) is 4.74 Å². The number of anilines is 2. The number of nitrogens with one attached hydrogen (secondary N) is 2. The maximum absolute atomic E-state index is 11.9. The molecular formula is C13H19N3O2. The molecule has 98 valence electrons. The topological polar surface area (TPSA) is 76.4 Å². The van der Waals surface area contributed by atoms with Gasteiger partial charge in [-0.3, -0.25) is 0 Å². The number of amides is 2. The number of hydrogen-bond donors (Lipinski definition) is 3. The van der Waals surface area contributed by atoms with Crippen LogP contribution in [0.25, 0.3) is 0 Å². The standard InChI is InChI=1S/C13H19N3O2/c1-13(7-2-8-18-9-13)16-12(17)15-11-5-3-10(14)4-6-11/h3-6H,2,7-9,14H2,1H3,(H2,15,16,17). The molecule has 2 amide bonds. The maximum atomic E-state index is 11.9. The van der Waals surface area contributed by atoms with Crippen molar-refractivity contribution in [1.82, 2.24) is 5.32 Å². The van der Waals surface area contributed by atoms with Crippen LogP contribution in [0.2, 0.25) is 0 Å². The minimum atomic E-state index is -0.282. The molecule has 0 aromatic heterocycles. The summed E-state index contributed by atoms with van der Waals surface area (Å²) in [4.78, 5) is 11.9. The third-order valence-electron chi connectivity index (χ3n) is 3.02. The molecule has 0 radical (unpaired) electrons. The summed E-state index contributed by atoms with van der Waals surface area (Å²) in [6.07, 6.45) is 1.90. The van der Waals surface area contributed by atoms with Gasteiger partial charge in [0.05, 0.1) is 12.1 Å². The summed E-state index contributed by atoms with van der Waals surface area (Å²) in [6.45, 7) is 3.33. The van der Waals surface area contributed by atoms with Gasteiger partial charge in [-0.15, -0.1) is 0 Å². The highest BCUT2D eigenvalue weighted by Crippen LogP contribution is 2.18. The van der Waals surface area contributed by atoms with Crippen molar-refractivity contribution in [3.05, 3.63) is 24.3 Å². The van der Waals surface area contributed by atoms with E-state index < -0.39 is 0 Å². The number of carbonyl (C=O) groups is 1. The number of urea groups is 1. The first kappa shape index (κ1) is 12.7. The highest BCUT2D eigenvalue weighted by Gasteiger charge is 2.29. The minimum absolute atomic E-state index is 0.215. The second-order valence-corrected chi connectivity index (χ2v) is 4.92. The normalized spacial score (nSPS) is 23.4. The average molecular weight is 249 g/mol. The summed E-state index contributed by atoms with van der Waals surface area (Å²) >= 11 is 0. The van der Waals surface area contributed by atoms with Crippen molar-refractivity contribution in [2.75, 3.05) is 24.3 Å². The lowest BCUT2D eigenvalue weighted by Gasteiger charge is -2.34. The number of hydrogen-bond acceptors (Lipinski definition) is 3. The van der Waals surface area contributed by atoms with Crippen LogP contribution >= 0.6 is 0 Å². The van der Waals surface area contributed by atoms with Crippen molar-refractivity contribution in [2.45, 2.75) is 25.3 Å². The van der Waals surface area contributed by atoms with E-state index in [0.29, 0.717) is 12.3 Å². The molecule has 5 heteroatoms. The maximum Gasteiger partial charge on any atom is 0.319 e. The molecule has 1 atom stereocenters. The first-order chi connectivity index (χ1) is 8.57. The Morgan fingerprint density at radius 3 is 2.72 bits per heavy atom. The molecule has 5 nitrogen and oxygen atoms in total. The molecule has 1 aliphatic rings. The van der Waals surface area contributed by atoms with Gasteiger partial charge in [-0.05, 0) is 44.0 Å². The monoisotopic (exact) mass is 249 g/mol. The summed E-state index contributed by atoms with van der Waals surface area (Å²) in [5.74, 6) is 0. The summed E-state index contributed by atoms with van der Waals surface area (Å²) in [6, 6.07) is 6.83. The van der Waals surface area contributed by atoms with E-state index in [2.05, 4.69) is 10.6 Å². The van der Waals surface area contributed by atoms with Crippen LogP contribution < -0.4 is 16.4 Å².